The van der Waals surface area contributed by atoms with Crippen molar-refractivity contribution in [3.05, 3.63) is 0 Å². The Balaban J connectivity index is 2.16. The Kier molecular flexibility index (Phi) is 3.88. The van der Waals surface area contributed by atoms with Gasteiger partial charge in [-0.25, -0.2) is 0 Å². The van der Waals surface area contributed by atoms with Crippen molar-refractivity contribution in [2.45, 2.75) is 12.5 Å². The van der Waals surface area contributed by atoms with E-state index in [2.05, 4.69) is 17.8 Å². The summed E-state index contributed by atoms with van der Waals surface area (Å²) < 4.78 is 5.15. The number of hydrogen-bond donors (Lipinski definition) is 2. The van der Waals surface area contributed by atoms with Gasteiger partial charge in [-0.15, -0.1) is 0 Å². The smallest absolute Gasteiger partial charge is 0.228 e. The summed E-state index contributed by atoms with van der Waals surface area (Å²) >= 11 is 0. The molecule has 1 heterocycles. The molecule has 0 aromatic carbocycles. The predicted octanol–water partition coefficient (Wildman–Crippen LogP) is 0.152. The molecular formula is C8H17NO2S. The highest BCUT2D eigenvalue weighted by Gasteiger charge is 2.17. The highest BCUT2D eigenvalue weighted by Crippen LogP contribution is 2.12. The third-order valence-electron chi connectivity index (χ3n) is 1.75. The Morgan fingerprint density at radius 3 is 2.92 bits per heavy atom. The molecule has 0 radical (unpaired) electrons. The van der Waals surface area contributed by atoms with Gasteiger partial charge in [0.2, 0.25) is 5.91 Å². The first kappa shape index (κ1) is 9.86. The number of carbonyl (C=O) groups excluding carboxylic acids is 1. The van der Waals surface area contributed by atoms with Gasteiger partial charge in [0, 0.05) is 6.61 Å². The van der Waals surface area contributed by atoms with E-state index < -0.39 is 0 Å². The van der Waals surface area contributed by atoms with E-state index in [1.165, 1.54) is 0 Å². The molecule has 1 aliphatic heterocycles. The average Bonchev–Trinajstić information content (AvgIpc) is 2.37. The minimum absolute atomic E-state index is 0.113. The Morgan fingerprint density at radius 2 is 2.42 bits per heavy atom. The first-order valence-electron chi connectivity index (χ1n) is 4.20. The van der Waals surface area contributed by atoms with Crippen molar-refractivity contribution in [3.8, 4) is 0 Å². The highest BCUT2D eigenvalue weighted by atomic mass is 32.2. The molecule has 1 unspecified atom stereocenters. The summed E-state index contributed by atoms with van der Waals surface area (Å²) in [5, 5.41) is 2.96. The molecule has 0 bridgehead atoms. The van der Waals surface area contributed by atoms with Gasteiger partial charge in [-0.3, -0.25) is 15.7 Å². The van der Waals surface area contributed by atoms with E-state index in [0.29, 0.717) is 12.4 Å². The topological polar surface area (TPSA) is 38.3 Å². The van der Waals surface area contributed by atoms with Gasteiger partial charge in [0.15, 0.2) is 0 Å². The van der Waals surface area contributed by atoms with E-state index in [1.54, 1.807) is 0 Å². The van der Waals surface area contributed by atoms with E-state index in [0.717, 1.165) is 13.0 Å². The zero-order valence-corrected chi connectivity index (χ0v) is 8.56. The van der Waals surface area contributed by atoms with Crippen molar-refractivity contribution in [2.24, 2.45) is 0 Å². The second-order valence-corrected chi connectivity index (χ2v) is 5.84. The quantitative estimate of drug-likeness (QED) is 0.623. The number of hydrogen-bond acceptors (Lipinski definition) is 2. The molecule has 72 valence electrons. The molecule has 1 fully saturated rings. The fourth-order valence-electron chi connectivity index (χ4n) is 1.21. The first-order valence-corrected chi connectivity index (χ1v) is 6.62. The molecular weight excluding hydrogens is 174 g/mol. The summed E-state index contributed by atoms with van der Waals surface area (Å²) in [6, 6.07) is 0.271. The van der Waals surface area contributed by atoms with E-state index in [9.17, 15) is 4.79 Å². The molecule has 1 atom stereocenters. The second-order valence-electron chi connectivity index (χ2n) is 3.37. The van der Waals surface area contributed by atoms with Crippen LogP contribution in [-0.2, 0) is 9.53 Å². The van der Waals surface area contributed by atoms with Crippen LogP contribution in [0.2, 0.25) is 0 Å². The predicted molar refractivity (Wildman–Crippen MR) is 53.1 cm³/mol. The van der Waals surface area contributed by atoms with Gasteiger partial charge in [0.25, 0.3) is 0 Å². The summed E-state index contributed by atoms with van der Waals surface area (Å²) in [7, 11) is -0.113. The summed E-state index contributed by atoms with van der Waals surface area (Å²) in [6.45, 7) is 1.48. The largest absolute Gasteiger partial charge is 0.379 e. The SMILES string of the molecule is C[SH](C)CC(=O)NC1CCOC1. The van der Waals surface area contributed by atoms with Gasteiger partial charge in [-0.1, -0.05) is 0 Å². The van der Waals surface area contributed by atoms with Crippen LogP contribution in [0.25, 0.3) is 0 Å². The Hall–Kier alpha value is -0.220. The second kappa shape index (κ2) is 4.72. The maximum Gasteiger partial charge on any atom is 0.228 e. The van der Waals surface area contributed by atoms with Crippen LogP contribution in [0.5, 0.6) is 0 Å². The molecule has 0 spiro atoms. The van der Waals surface area contributed by atoms with Crippen molar-refractivity contribution < 1.29 is 9.53 Å². The molecule has 3 nitrogen and oxygen atoms in total. The molecule has 0 saturated carbocycles. The molecule has 0 aromatic rings. The summed E-state index contributed by atoms with van der Waals surface area (Å²) in [4.78, 5) is 11.3. The summed E-state index contributed by atoms with van der Waals surface area (Å²) in [6.07, 6.45) is 5.19. The fourth-order valence-corrected chi connectivity index (χ4v) is 1.87. The minimum Gasteiger partial charge on any atom is -0.379 e. The highest BCUT2D eigenvalue weighted by molar-refractivity contribution is 8.16. The summed E-state index contributed by atoms with van der Waals surface area (Å²) in [5.41, 5.74) is 0. The maximum absolute atomic E-state index is 11.3. The number of thiol groups is 1. The van der Waals surface area contributed by atoms with Gasteiger partial charge in [0.1, 0.15) is 0 Å². The van der Waals surface area contributed by atoms with Crippen LogP contribution in [-0.4, -0.2) is 43.4 Å². The van der Waals surface area contributed by atoms with E-state index >= 15 is 0 Å². The van der Waals surface area contributed by atoms with E-state index in [-0.39, 0.29) is 22.8 Å². The third kappa shape index (κ3) is 3.45. The van der Waals surface area contributed by atoms with Crippen molar-refractivity contribution in [2.75, 3.05) is 31.5 Å². The lowest BCUT2D eigenvalue weighted by Crippen LogP contribution is -2.36. The molecule has 1 aliphatic rings. The normalized spacial score (nSPS) is 23.8. The zero-order chi connectivity index (χ0) is 8.97. The van der Waals surface area contributed by atoms with Gasteiger partial charge in [-0.2, -0.15) is 0 Å². The van der Waals surface area contributed by atoms with Crippen molar-refractivity contribution in [3.63, 3.8) is 0 Å². The number of amides is 1. The molecule has 0 aliphatic carbocycles. The number of nitrogens with one attached hydrogen (secondary N) is 1. The van der Waals surface area contributed by atoms with Crippen LogP contribution in [0.3, 0.4) is 0 Å². The van der Waals surface area contributed by atoms with Crippen molar-refractivity contribution in [1.29, 1.82) is 0 Å². The Labute approximate surface area is 76.2 Å². The van der Waals surface area contributed by atoms with E-state index in [4.69, 9.17) is 4.74 Å². The lowest BCUT2D eigenvalue weighted by Gasteiger charge is -2.13. The Morgan fingerprint density at radius 1 is 1.67 bits per heavy atom. The fraction of sp³-hybridized carbons (Fsp3) is 0.875. The zero-order valence-electron chi connectivity index (χ0n) is 7.67. The lowest BCUT2D eigenvalue weighted by atomic mass is 10.3. The van der Waals surface area contributed by atoms with Gasteiger partial charge in [-0.05, 0) is 18.9 Å². The molecule has 4 heteroatoms. The van der Waals surface area contributed by atoms with Crippen LogP contribution >= 0.6 is 10.9 Å². The van der Waals surface area contributed by atoms with Crippen LogP contribution in [0.4, 0.5) is 0 Å². The molecule has 12 heavy (non-hydrogen) atoms. The molecule has 1 saturated heterocycles. The number of ether oxygens (including phenoxy) is 1. The Bertz CT molecular complexity index is 155. The van der Waals surface area contributed by atoms with Gasteiger partial charge in [0.05, 0.1) is 18.4 Å². The van der Waals surface area contributed by atoms with E-state index in [1.807, 2.05) is 0 Å². The van der Waals surface area contributed by atoms with Gasteiger partial charge >= 0.3 is 0 Å². The molecule has 1 rings (SSSR count). The van der Waals surface area contributed by atoms with Gasteiger partial charge < -0.3 is 10.1 Å². The van der Waals surface area contributed by atoms with Crippen LogP contribution in [0.1, 0.15) is 6.42 Å². The molecule has 1 amide bonds. The van der Waals surface area contributed by atoms with Crippen molar-refractivity contribution >= 4 is 16.8 Å². The summed E-state index contributed by atoms with van der Waals surface area (Å²) in [5.74, 6) is 0.868. The molecule has 0 aromatic heterocycles. The number of rotatable bonds is 3. The maximum atomic E-state index is 11.3. The average molecular weight is 191 g/mol. The standard InChI is InChI=1S/C8H17NO2S/c1-12(2)6-8(10)9-7-3-4-11-5-7/h7,12H,3-6H2,1-2H3,(H,9,10). The number of carbonyl (C=O) groups is 1. The molecule has 1 N–H and O–H groups in total. The van der Waals surface area contributed by atoms with Crippen LogP contribution in [0.15, 0.2) is 0 Å². The lowest BCUT2D eigenvalue weighted by molar-refractivity contribution is -0.119. The van der Waals surface area contributed by atoms with Crippen LogP contribution in [0, 0.1) is 0 Å². The third-order valence-corrected chi connectivity index (χ3v) is 2.67. The van der Waals surface area contributed by atoms with Crippen molar-refractivity contribution in [1.82, 2.24) is 5.32 Å². The van der Waals surface area contributed by atoms with Crippen LogP contribution < -0.4 is 5.32 Å². The minimum atomic E-state index is -0.113. The monoisotopic (exact) mass is 191 g/mol. The first-order chi connectivity index (χ1) is 5.68.